The molecule has 1 aromatic carbocycles. The Morgan fingerprint density at radius 3 is 2.20 bits per heavy atom. The molecule has 0 amide bonds. The van der Waals surface area contributed by atoms with Gasteiger partial charge in [-0.05, 0) is 24.3 Å². The predicted octanol–water partition coefficient (Wildman–Crippen LogP) is 4.20. The first-order valence-corrected chi connectivity index (χ1v) is 4.54. The number of rotatable bonds is 2. The second-order valence-electron chi connectivity index (χ2n) is 2.54. The minimum absolute atomic E-state index is 0.0310. The third-order valence-corrected chi connectivity index (χ3v) is 1.91. The van der Waals surface area contributed by atoms with Crippen LogP contribution in [-0.2, 0) is 0 Å². The van der Waals surface area contributed by atoms with E-state index >= 15 is 0 Å². The Labute approximate surface area is 91.5 Å². The summed E-state index contributed by atoms with van der Waals surface area (Å²) in [7, 11) is 0. The van der Waals surface area contributed by atoms with Gasteiger partial charge in [0.1, 0.15) is 12.0 Å². The van der Waals surface area contributed by atoms with Crippen LogP contribution in [0.4, 0.5) is 17.6 Å². The van der Waals surface area contributed by atoms with E-state index in [0.29, 0.717) is 0 Å². The fraction of sp³-hybridized carbons (Fsp3) is 0.111. The van der Waals surface area contributed by atoms with Crippen molar-refractivity contribution in [3.05, 3.63) is 40.8 Å². The molecule has 0 radical (unpaired) electrons. The highest BCUT2D eigenvalue weighted by Gasteiger charge is 2.35. The van der Waals surface area contributed by atoms with Gasteiger partial charge in [0.25, 0.3) is 0 Å². The Kier molecular flexibility index (Phi) is 3.73. The van der Waals surface area contributed by atoms with Crippen LogP contribution in [-0.4, -0.2) is 6.18 Å². The molecule has 0 saturated heterocycles. The summed E-state index contributed by atoms with van der Waals surface area (Å²) in [5.41, 5.74) is 0. The van der Waals surface area contributed by atoms with E-state index in [0.717, 1.165) is 4.47 Å². The number of benzene rings is 1. The maximum Gasteiger partial charge on any atom is 0.446 e. The van der Waals surface area contributed by atoms with Gasteiger partial charge in [0.2, 0.25) is 5.83 Å². The van der Waals surface area contributed by atoms with Gasteiger partial charge in [-0.2, -0.15) is 17.6 Å². The van der Waals surface area contributed by atoms with Crippen LogP contribution >= 0.6 is 15.9 Å². The van der Waals surface area contributed by atoms with Crippen LogP contribution in [0, 0.1) is 0 Å². The van der Waals surface area contributed by atoms with Crippen molar-refractivity contribution in [3.8, 4) is 5.75 Å². The lowest BCUT2D eigenvalue weighted by atomic mass is 10.3. The second-order valence-corrected chi connectivity index (χ2v) is 3.45. The normalized spacial score (nSPS) is 12.7. The molecule has 0 saturated carbocycles. The molecule has 1 rings (SSSR count). The predicted molar refractivity (Wildman–Crippen MR) is 50.0 cm³/mol. The van der Waals surface area contributed by atoms with Crippen LogP contribution in [0.15, 0.2) is 40.8 Å². The third kappa shape index (κ3) is 3.91. The highest BCUT2D eigenvalue weighted by atomic mass is 79.9. The molecule has 0 fully saturated rings. The average molecular weight is 285 g/mol. The van der Waals surface area contributed by atoms with Crippen LogP contribution in [0.1, 0.15) is 0 Å². The van der Waals surface area contributed by atoms with Gasteiger partial charge in [-0.3, -0.25) is 0 Å². The van der Waals surface area contributed by atoms with Crippen molar-refractivity contribution in [2.24, 2.45) is 0 Å². The Hall–Kier alpha value is -1.04. The van der Waals surface area contributed by atoms with Crippen molar-refractivity contribution in [2.45, 2.75) is 6.18 Å². The van der Waals surface area contributed by atoms with E-state index in [1.54, 1.807) is 12.1 Å². The molecule has 0 unspecified atom stereocenters. The quantitative estimate of drug-likeness (QED) is 0.584. The van der Waals surface area contributed by atoms with Crippen LogP contribution < -0.4 is 4.74 Å². The van der Waals surface area contributed by atoms with Gasteiger partial charge >= 0.3 is 6.18 Å². The summed E-state index contributed by atoms with van der Waals surface area (Å²) in [6.45, 7) is 0. The zero-order chi connectivity index (χ0) is 11.5. The van der Waals surface area contributed by atoms with E-state index in [2.05, 4.69) is 20.7 Å². The van der Waals surface area contributed by atoms with Crippen molar-refractivity contribution in [2.75, 3.05) is 0 Å². The molecule has 0 bridgehead atoms. The maximum atomic E-state index is 12.3. The molecule has 6 heteroatoms. The summed E-state index contributed by atoms with van der Waals surface area (Å²) < 4.78 is 52.5. The molecule has 82 valence electrons. The van der Waals surface area contributed by atoms with Crippen LogP contribution in [0.5, 0.6) is 5.75 Å². The van der Waals surface area contributed by atoms with Gasteiger partial charge in [0.05, 0.1) is 0 Å². The summed E-state index contributed by atoms with van der Waals surface area (Å²) in [6.07, 6.45) is -4.97. The number of alkyl halides is 3. The van der Waals surface area contributed by atoms with E-state index in [9.17, 15) is 17.6 Å². The number of hydrogen-bond acceptors (Lipinski definition) is 1. The molecule has 15 heavy (non-hydrogen) atoms. The molecule has 0 aliphatic carbocycles. The first kappa shape index (κ1) is 12.0. The van der Waals surface area contributed by atoms with Gasteiger partial charge in [0, 0.05) is 4.47 Å². The molecule has 0 aliphatic rings. The molecule has 0 spiro atoms. The highest BCUT2D eigenvalue weighted by molar-refractivity contribution is 9.10. The van der Waals surface area contributed by atoms with Crippen LogP contribution in [0.3, 0.4) is 0 Å². The Balaban J connectivity index is 2.68. The topological polar surface area (TPSA) is 9.23 Å². The van der Waals surface area contributed by atoms with Crippen molar-refractivity contribution in [1.82, 2.24) is 0 Å². The van der Waals surface area contributed by atoms with E-state index in [1.165, 1.54) is 12.1 Å². The molecule has 0 aromatic heterocycles. The SMILES string of the molecule is F/C(=C\Oc1ccc(Br)cc1)C(F)(F)F. The highest BCUT2D eigenvalue weighted by Crippen LogP contribution is 2.26. The molecule has 0 aliphatic heterocycles. The lowest BCUT2D eigenvalue weighted by Gasteiger charge is -2.03. The van der Waals surface area contributed by atoms with Gasteiger partial charge in [-0.25, -0.2) is 0 Å². The van der Waals surface area contributed by atoms with Gasteiger partial charge in [-0.1, -0.05) is 15.9 Å². The van der Waals surface area contributed by atoms with Crippen molar-refractivity contribution in [1.29, 1.82) is 0 Å². The molecule has 0 heterocycles. The van der Waals surface area contributed by atoms with Crippen LogP contribution in [0.2, 0.25) is 0 Å². The zero-order valence-electron chi connectivity index (χ0n) is 7.18. The lowest BCUT2D eigenvalue weighted by molar-refractivity contribution is -0.110. The summed E-state index contributed by atoms with van der Waals surface area (Å²) in [4.78, 5) is 0. The smallest absolute Gasteiger partial charge is 0.446 e. The summed E-state index contributed by atoms with van der Waals surface area (Å²) in [5.74, 6) is -2.15. The first-order valence-electron chi connectivity index (χ1n) is 3.74. The minimum atomic E-state index is -5.00. The monoisotopic (exact) mass is 284 g/mol. The fourth-order valence-electron chi connectivity index (χ4n) is 0.700. The summed E-state index contributed by atoms with van der Waals surface area (Å²) in [5, 5.41) is 0. The van der Waals surface area contributed by atoms with Gasteiger partial charge < -0.3 is 4.74 Å². The molecule has 0 N–H and O–H groups in total. The fourth-order valence-corrected chi connectivity index (χ4v) is 0.964. The molecular weight excluding hydrogens is 280 g/mol. The summed E-state index contributed by atoms with van der Waals surface area (Å²) >= 11 is 3.13. The van der Waals surface area contributed by atoms with Crippen molar-refractivity contribution >= 4 is 15.9 Å². The molecule has 0 atom stereocenters. The third-order valence-electron chi connectivity index (χ3n) is 1.38. The Bertz CT molecular complexity index is 355. The Morgan fingerprint density at radius 1 is 1.20 bits per heavy atom. The van der Waals surface area contributed by atoms with Gasteiger partial charge in [0.15, 0.2) is 0 Å². The lowest BCUT2D eigenvalue weighted by Crippen LogP contribution is -2.08. The Morgan fingerprint density at radius 2 is 1.73 bits per heavy atom. The second kappa shape index (κ2) is 4.65. The van der Waals surface area contributed by atoms with E-state index in [-0.39, 0.29) is 12.0 Å². The first-order chi connectivity index (χ1) is 6.89. The molecule has 1 nitrogen and oxygen atoms in total. The van der Waals surface area contributed by atoms with Crippen LogP contribution in [0.25, 0.3) is 0 Å². The number of halogens is 5. The van der Waals surface area contributed by atoms with E-state index in [4.69, 9.17) is 0 Å². The van der Waals surface area contributed by atoms with E-state index in [1.807, 2.05) is 0 Å². The average Bonchev–Trinajstić information content (AvgIpc) is 2.15. The molecular formula is C9H5BrF4O. The maximum absolute atomic E-state index is 12.3. The van der Waals surface area contributed by atoms with Crippen molar-refractivity contribution < 1.29 is 22.3 Å². The summed E-state index contributed by atoms with van der Waals surface area (Å²) in [6, 6.07) is 5.94. The molecule has 1 aromatic rings. The largest absolute Gasteiger partial charge is 0.462 e. The number of hydrogen-bond donors (Lipinski definition) is 0. The number of ether oxygens (including phenoxy) is 1. The van der Waals surface area contributed by atoms with Gasteiger partial charge in [-0.15, -0.1) is 0 Å². The van der Waals surface area contributed by atoms with E-state index < -0.39 is 12.0 Å². The minimum Gasteiger partial charge on any atom is -0.462 e. The standard InChI is InChI=1S/C9H5BrF4O/c10-6-1-3-7(4-2-6)15-5-8(11)9(12,13)14/h1-5H/b8-5-. The van der Waals surface area contributed by atoms with Crippen molar-refractivity contribution in [3.63, 3.8) is 0 Å². The zero-order valence-corrected chi connectivity index (χ0v) is 8.77. The number of allylic oxidation sites excluding steroid dienone is 1.